The molecule has 2 aromatic rings. The molecule has 2 heterocycles. The summed E-state index contributed by atoms with van der Waals surface area (Å²) in [6, 6.07) is 5.35. The second kappa shape index (κ2) is 5.84. The monoisotopic (exact) mass is 284 g/mol. The lowest BCUT2D eigenvalue weighted by Gasteiger charge is -2.10. The topological polar surface area (TPSA) is 59.9 Å². The van der Waals surface area contributed by atoms with Gasteiger partial charge in [-0.3, -0.25) is 0 Å². The number of pyridine rings is 1. The molecule has 0 saturated carbocycles. The number of halogens is 2. The van der Waals surface area contributed by atoms with E-state index in [4.69, 9.17) is 27.9 Å². The molecule has 0 radical (unpaired) electrons. The fraction of sp³-hybridized carbons (Fsp3) is 0.182. The number of hydrogen-bond acceptors (Lipinski definition) is 5. The Labute approximate surface area is 114 Å². The van der Waals surface area contributed by atoms with Crippen molar-refractivity contribution in [3.63, 3.8) is 0 Å². The summed E-state index contributed by atoms with van der Waals surface area (Å²) < 4.78 is 5.15. The minimum Gasteiger partial charge on any atom is -0.481 e. The molecule has 18 heavy (non-hydrogen) atoms. The van der Waals surface area contributed by atoms with Gasteiger partial charge in [0.15, 0.2) is 10.3 Å². The molecular weight excluding hydrogens is 275 g/mol. The summed E-state index contributed by atoms with van der Waals surface area (Å²) in [6.45, 7) is 0.499. The predicted octanol–water partition coefficient (Wildman–Crippen LogP) is 2.80. The number of ether oxygens (including phenoxy) is 1. The Bertz CT molecular complexity index is 550. The summed E-state index contributed by atoms with van der Waals surface area (Å²) in [5, 5.41) is 11.0. The van der Waals surface area contributed by atoms with Crippen molar-refractivity contribution in [1.82, 2.24) is 15.2 Å². The molecule has 0 aliphatic carbocycles. The van der Waals surface area contributed by atoms with E-state index in [-0.39, 0.29) is 10.3 Å². The van der Waals surface area contributed by atoms with E-state index in [9.17, 15) is 0 Å². The van der Waals surface area contributed by atoms with Crippen molar-refractivity contribution in [3.05, 3.63) is 40.3 Å². The van der Waals surface area contributed by atoms with Gasteiger partial charge in [0.1, 0.15) is 0 Å². The van der Waals surface area contributed by atoms with Crippen molar-refractivity contribution in [2.75, 3.05) is 12.4 Å². The standard InChI is InChI=1S/C11H10Cl2N4O/c1-18-11-7(3-2-4-14-11)6-15-8-5-9(12)16-17-10(8)13/h2-5H,6H2,1H3,(H,15,16). The van der Waals surface area contributed by atoms with Crippen LogP contribution in [0.2, 0.25) is 10.3 Å². The van der Waals surface area contributed by atoms with Crippen LogP contribution in [0, 0.1) is 0 Å². The highest BCUT2D eigenvalue weighted by atomic mass is 35.5. The third kappa shape index (κ3) is 3.00. The average molecular weight is 285 g/mol. The minimum absolute atomic E-state index is 0.266. The number of hydrogen-bond donors (Lipinski definition) is 1. The van der Waals surface area contributed by atoms with Crippen LogP contribution in [0.4, 0.5) is 5.69 Å². The highest BCUT2D eigenvalue weighted by Gasteiger charge is 2.06. The van der Waals surface area contributed by atoms with E-state index in [2.05, 4.69) is 20.5 Å². The van der Waals surface area contributed by atoms with Crippen LogP contribution in [0.3, 0.4) is 0 Å². The van der Waals surface area contributed by atoms with E-state index in [1.165, 1.54) is 0 Å². The van der Waals surface area contributed by atoms with Crippen molar-refractivity contribution in [2.45, 2.75) is 6.54 Å². The maximum atomic E-state index is 5.89. The Morgan fingerprint density at radius 3 is 2.94 bits per heavy atom. The van der Waals surface area contributed by atoms with Crippen LogP contribution >= 0.6 is 23.2 Å². The van der Waals surface area contributed by atoms with E-state index in [1.807, 2.05) is 12.1 Å². The molecule has 0 aromatic carbocycles. The first-order valence-electron chi connectivity index (χ1n) is 5.11. The smallest absolute Gasteiger partial charge is 0.218 e. The molecule has 0 spiro atoms. The van der Waals surface area contributed by atoms with E-state index in [0.717, 1.165) is 5.56 Å². The molecule has 0 fully saturated rings. The largest absolute Gasteiger partial charge is 0.481 e. The van der Waals surface area contributed by atoms with Gasteiger partial charge in [0.05, 0.1) is 12.8 Å². The van der Waals surface area contributed by atoms with Crippen LogP contribution in [0.15, 0.2) is 24.4 Å². The Kier molecular flexibility index (Phi) is 4.17. The number of nitrogens with one attached hydrogen (secondary N) is 1. The summed E-state index contributed by atoms with van der Waals surface area (Å²) in [5.74, 6) is 0.564. The molecule has 94 valence electrons. The second-order valence-corrected chi connectivity index (χ2v) is 4.14. The molecule has 0 amide bonds. The lowest BCUT2D eigenvalue weighted by Crippen LogP contribution is -2.04. The predicted molar refractivity (Wildman–Crippen MR) is 70.2 cm³/mol. The molecule has 2 rings (SSSR count). The van der Waals surface area contributed by atoms with Gasteiger partial charge < -0.3 is 10.1 Å². The number of rotatable bonds is 4. The Morgan fingerprint density at radius 2 is 2.17 bits per heavy atom. The van der Waals surface area contributed by atoms with Crippen molar-refractivity contribution in [1.29, 1.82) is 0 Å². The van der Waals surface area contributed by atoms with Gasteiger partial charge in [0, 0.05) is 24.4 Å². The van der Waals surface area contributed by atoms with Gasteiger partial charge in [0.25, 0.3) is 0 Å². The van der Waals surface area contributed by atoms with E-state index in [0.29, 0.717) is 18.1 Å². The fourth-order valence-corrected chi connectivity index (χ4v) is 1.72. The molecule has 0 aliphatic heterocycles. The van der Waals surface area contributed by atoms with Gasteiger partial charge in [-0.2, -0.15) is 0 Å². The molecule has 2 aromatic heterocycles. The van der Waals surface area contributed by atoms with Crippen LogP contribution in [-0.4, -0.2) is 22.3 Å². The minimum atomic E-state index is 0.266. The quantitative estimate of drug-likeness (QED) is 0.936. The highest BCUT2D eigenvalue weighted by Crippen LogP contribution is 2.22. The first kappa shape index (κ1) is 12.9. The number of methoxy groups -OCH3 is 1. The van der Waals surface area contributed by atoms with Crippen LogP contribution in [-0.2, 0) is 6.54 Å². The van der Waals surface area contributed by atoms with Gasteiger partial charge in [-0.1, -0.05) is 29.3 Å². The van der Waals surface area contributed by atoms with Crippen LogP contribution in [0.5, 0.6) is 5.88 Å². The summed E-state index contributed by atoms with van der Waals surface area (Å²) in [6.07, 6.45) is 1.67. The van der Waals surface area contributed by atoms with Crippen LogP contribution in [0.25, 0.3) is 0 Å². The van der Waals surface area contributed by atoms with E-state index in [1.54, 1.807) is 19.4 Å². The lowest BCUT2D eigenvalue weighted by molar-refractivity contribution is 0.393. The molecule has 1 N–H and O–H groups in total. The zero-order valence-corrected chi connectivity index (χ0v) is 11.0. The fourth-order valence-electron chi connectivity index (χ4n) is 1.41. The Hall–Kier alpha value is -1.59. The van der Waals surface area contributed by atoms with Crippen molar-refractivity contribution < 1.29 is 4.74 Å². The number of aromatic nitrogens is 3. The van der Waals surface area contributed by atoms with Gasteiger partial charge in [-0.25, -0.2) is 4.98 Å². The van der Waals surface area contributed by atoms with Gasteiger partial charge >= 0.3 is 0 Å². The molecule has 0 aliphatic rings. The number of nitrogens with zero attached hydrogens (tertiary/aromatic N) is 3. The third-order valence-electron chi connectivity index (χ3n) is 2.23. The maximum absolute atomic E-state index is 5.89. The molecule has 0 saturated heterocycles. The van der Waals surface area contributed by atoms with Crippen molar-refractivity contribution in [3.8, 4) is 5.88 Å². The zero-order chi connectivity index (χ0) is 13.0. The van der Waals surface area contributed by atoms with Gasteiger partial charge in [-0.05, 0) is 6.07 Å². The van der Waals surface area contributed by atoms with E-state index >= 15 is 0 Å². The molecule has 5 nitrogen and oxygen atoms in total. The van der Waals surface area contributed by atoms with Gasteiger partial charge in [-0.15, -0.1) is 10.2 Å². The van der Waals surface area contributed by atoms with E-state index < -0.39 is 0 Å². The van der Waals surface area contributed by atoms with Gasteiger partial charge in [0.2, 0.25) is 5.88 Å². The van der Waals surface area contributed by atoms with Crippen molar-refractivity contribution >= 4 is 28.9 Å². The second-order valence-electron chi connectivity index (χ2n) is 3.40. The normalized spacial score (nSPS) is 10.2. The summed E-state index contributed by atoms with van der Waals surface area (Å²) >= 11 is 11.6. The molecule has 0 atom stereocenters. The Balaban J connectivity index is 2.14. The summed E-state index contributed by atoms with van der Waals surface area (Å²) in [5.41, 5.74) is 1.52. The Morgan fingerprint density at radius 1 is 1.33 bits per heavy atom. The van der Waals surface area contributed by atoms with Crippen LogP contribution in [0.1, 0.15) is 5.56 Å². The van der Waals surface area contributed by atoms with Crippen molar-refractivity contribution in [2.24, 2.45) is 0 Å². The van der Waals surface area contributed by atoms with Crippen LogP contribution < -0.4 is 10.1 Å². The average Bonchev–Trinajstić information content (AvgIpc) is 2.40. The first-order chi connectivity index (χ1) is 8.70. The lowest BCUT2D eigenvalue weighted by atomic mass is 10.2. The molecule has 0 bridgehead atoms. The molecular formula is C11H10Cl2N4O. The SMILES string of the molecule is COc1ncccc1CNc1cc(Cl)nnc1Cl. The third-order valence-corrected chi connectivity index (χ3v) is 2.70. The highest BCUT2D eigenvalue weighted by molar-refractivity contribution is 6.33. The first-order valence-corrected chi connectivity index (χ1v) is 5.87. The summed E-state index contributed by atoms with van der Waals surface area (Å²) in [7, 11) is 1.57. The molecule has 7 heteroatoms. The summed E-state index contributed by atoms with van der Waals surface area (Å²) in [4.78, 5) is 4.10. The maximum Gasteiger partial charge on any atom is 0.218 e. The number of anilines is 1. The zero-order valence-electron chi connectivity index (χ0n) is 9.52. The molecule has 0 unspecified atom stereocenters.